The van der Waals surface area contributed by atoms with Gasteiger partial charge in [-0.3, -0.25) is 9.48 Å². The minimum Gasteiger partial charge on any atom is -0.395 e. The average Bonchev–Trinajstić information content (AvgIpc) is 3.00. The molecule has 0 spiro atoms. The maximum Gasteiger partial charge on any atom is 0.274 e. The molecule has 1 amide bonds. The van der Waals surface area contributed by atoms with Gasteiger partial charge in [0.2, 0.25) is 0 Å². The number of amides is 1. The van der Waals surface area contributed by atoms with Crippen molar-refractivity contribution >= 4 is 34.5 Å². The van der Waals surface area contributed by atoms with Gasteiger partial charge in [0.05, 0.1) is 22.3 Å². The molecule has 0 saturated carbocycles. The van der Waals surface area contributed by atoms with E-state index in [1.807, 2.05) is 32.9 Å². The molecule has 0 saturated heterocycles. The van der Waals surface area contributed by atoms with Crippen LogP contribution >= 0.6 is 22.9 Å². The quantitative estimate of drug-likeness (QED) is 0.917. The summed E-state index contributed by atoms with van der Waals surface area (Å²) in [5.41, 5.74) is 7.65. The number of nitrogens with two attached hydrogens (primary N) is 1. The Morgan fingerprint density at radius 1 is 1.48 bits per heavy atom. The van der Waals surface area contributed by atoms with Gasteiger partial charge in [-0.1, -0.05) is 11.6 Å². The first-order valence-corrected chi connectivity index (χ1v) is 8.03. The van der Waals surface area contributed by atoms with E-state index in [1.165, 1.54) is 11.3 Å². The minimum atomic E-state index is -0.0954. The Morgan fingerprint density at radius 3 is 2.71 bits per heavy atom. The van der Waals surface area contributed by atoms with Crippen LogP contribution in [0.5, 0.6) is 0 Å². The van der Waals surface area contributed by atoms with Gasteiger partial charge in [0, 0.05) is 18.0 Å². The molecule has 2 heterocycles. The summed E-state index contributed by atoms with van der Waals surface area (Å²) in [6.07, 6.45) is 0. The summed E-state index contributed by atoms with van der Waals surface area (Å²) in [6.45, 7) is 7.44. The van der Waals surface area contributed by atoms with Crippen molar-refractivity contribution in [3.63, 3.8) is 0 Å². The number of halogens is 1. The molecule has 2 N–H and O–H groups in total. The number of carbonyl (C=O) groups excluding carboxylic acids is 1. The van der Waals surface area contributed by atoms with E-state index in [2.05, 4.69) is 5.10 Å². The second-order valence-corrected chi connectivity index (χ2v) is 6.49. The van der Waals surface area contributed by atoms with Crippen molar-refractivity contribution in [3.8, 4) is 0 Å². The zero-order valence-corrected chi connectivity index (χ0v) is 14.0. The number of rotatable bonds is 5. The van der Waals surface area contributed by atoms with Crippen LogP contribution in [-0.2, 0) is 13.1 Å². The highest BCUT2D eigenvalue weighted by Gasteiger charge is 2.24. The van der Waals surface area contributed by atoms with Gasteiger partial charge in [-0.2, -0.15) is 5.10 Å². The maximum absolute atomic E-state index is 12.8. The van der Waals surface area contributed by atoms with Crippen LogP contribution in [-0.4, -0.2) is 27.1 Å². The minimum absolute atomic E-state index is 0.0954. The van der Waals surface area contributed by atoms with Gasteiger partial charge in [-0.05, 0) is 32.9 Å². The van der Waals surface area contributed by atoms with E-state index in [1.54, 1.807) is 9.58 Å². The Kier molecular flexibility index (Phi) is 4.90. The molecule has 114 valence electrons. The Balaban J connectivity index is 2.28. The predicted octanol–water partition coefficient (Wildman–Crippen LogP) is 3.17. The zero-order valence-electron chi connectivity index (χ0n) is 12.4. The van der Waals surface area contributed by atoms with Crippen molar-refractivity contribution in [2.24, 2.45) is 0 Å². The smallest absolute Gasteiger partial charge is 0.274 e. The first-order chi connectivity index (χ1) is 9.97. The van der Waals surface area contributed by atoms with Crippen molar-refractivity contribution in [1.82, 2.24) is 14.7 Å². The number of thiophene rings is 1. The van der Waals surface area contributed by atoms with E-state index < -0.39 is 0 Å². The molecule has 0 bridgehead atoms. The van der Waals surface area contributed by atoms with E-state index in [-0.39, 0.29) is 5.91 Å². The fraction of sp³-hybridized carbons (Fsp3) is 0.429. The summed E-state index contributed by atoms with van der Waals surface area (Å²) in [5.74, 6) is -0.0954. The normalized spacial score (nSPS) is 10.9. The lowest BCUT2D eigenvalue weighted by Gasteiger charge is -2.20. The van der Waals surface area contributed by atoms with E-state index in [0.717, 1.165) is 9.21 Å². The largest absolute Gasteiger partial charge is 0.395 e. The van der Waals surface area contributed by atoms with Crippen LogP contribution < -0.4 is 5.73 Å². The number of nitrogens with zero attached hydrogens (tertiary/aromatic N) is 3. The van der Waals surface area contributed by atoms with E-state index >= 15 is 0 Å². The number of anilines is 1. The molecule has 2 aromatic rings. The van der Waals surface area contributed by atoms with Gasteiger partial charge < -0.3 is 10.6 Å². The summed E-state index contributed by atoms with van der Waals surface area (Å²) < 4.78 is 2.39. The molecule has 0 aromatic carbocycles. The lowest BCUT2D eigenvalue weighted by molar-refractivity contribution is 0.0743. The highest BCUT2D eigenvalue weighted by Crippen LogP contribution is 2.24. The van der Waals surface area contributed by atoms with Crippen LogP contribution in [0, 0.1) is 6.92 Å². The van der Waals surface area contributed by atoms with Crippen molar-refractivity contribution in [2.45, 2.75) is 33.9 Å². The van der Waals surface area contributed by atoms with Gasteiger partial charge in [0.25, 0.3) is 5.91 Å². The summed E-state index contributed by atoms with van der Waals surface area (Å²) in [4.78, 5) is 15.6. The molecule has 0 unspecified atom stereocenters. The maximum atomic E-state index is 12.8. The van der Waals surface area contributed by atoms with Gasteiger partial charge >= 0.3 is 0 Å². The number of hydrogen-bond acceptors (Lipinski definition) is 4. The number of aromatic nitrogens is 2. The topological polar surface area (TPSA) is 64.2 Å². The first-order valence-electron chi connectivity index (χ1n) is 6.84. The lowest BCUT2D eigenvalue weighted by atomic mass is 10.2. The first kappa shape index (κ1) is 15.9. The molecule has 0 fully saturated rings. The van der Waals surface area contributed by atoms with Gasteiger partial charge in [-0.15, -0.1) is 11.3 Å². The molecule has 0 radical (unpaired) electrons. The van der Waals surface area contributed by atoms with E-state index in [9.17, 15) is 4.79 Å². The Bertz CT molecular complexity index is 649. The van der Waals surface area contributed by atoms with Crippen molar-refractivity contribution in [1.29, 1.82) is 0 Å². The van der Waals surface area contributed by atoms with Crippen molar-refractivity contribution < 1.29 is 4.79 Å². The summed E-state index contributed by atoms with van der Waals surface area (Å²) in [7, 11) is 0. The molecule has 7 heteroatoms. The van der Waals surface area contributed by atoms with E-state index in [4.69, 9.17) is 17.3 Å². The fourth-order valence-electron chi connectivity index (χ4n) is 2.15. The molecule has 2 rings (SSSR count). The van der Waals surface area contributed by atoms with Gasteiger partial charge in [0.15, 0.2) is 0 Å². The Labute approximate surface area is 133 Å². The monoisotopic (exact) mass is 326 g/mol. The number of hydrogen-bond donors (Lipinski definition) is 1. The van der Waals surface area contributed by atoms with Gasteiger partial charge in [0.1, 0.15) is 5.69 Å². The number of aryl methyl sites for hydroxylation is 2. The summed E-state index contributed by atoms with van der Waals surface area (Å²) in [5, 5.41) is 4.30. The van der Waals surface area contributed by atoms with Crippen molar-refractivity contribution in [2.75, 3.05) is 12.3 Å². The van der Waals surface area contributed by atoms with Crippen LogP contribution in [0.25, 0.3) is 0 Å². The second kappa shape index (κ2) is 6.49. The highest BCUT2D eigenvalue weighted by atomic mass is 35.5. The SMILES string of the molecule is CCN(Cc1ccc(Cl)s1)C(=O)c1c(N)c(C)nn1CC. The van der Waals surface area contributed by atoms with Crippen LogP contribution in [0.15, 0.2) is 12.1 Å². The molecule has 0 aliphatic carbocycles. The number of carbonyl (C=O) groups is 1. The summed E-state index contributed by atoms with van der Waals surface area (Å²) >= 11 is 7.42. The average molecular weight is 327 g/mol. The van der Waals surface area contributed by atoms with Crippen LogP contribution in [0.1, 0.15) is 34.9 Å². The lowest BCUT2D eigenvalue weighted by Crippen LogP contribution is -2.32. The molecular weight excluding hydrogens is 308 g/mol. The fourth-order valence-corrected chi connectivity index (χ4v) is 3.25. The third-order valence-corrected chi connectivity index (χ3v) is 4.54. The third-order valence-electron chi connectivity index (χ3n) is 3.32. The molecule has 2 aromatic heterocycles. The molecule has 0 aliphatic rings. The molecule has 0 atom stereocenters. The zero-order chi connectivity index (χ0) is 15.6. The van der Waals surface area contributed by atoms with Crippen LogP contribution in [0.2, 0.25) is 4.34 Å². The van der Waals surface area contributed by atoms with Gasteiger partial charge in [-0.25, -0.2) is 0 Å². The van der Waals surface area contributed by atoms with Crippen molar-refractivity contribution in [3.05, 3.63) is 32.7 Å². The molecule has 21 heavy (non-hydrogen) atoms. The van der Waals surface area contributed by atoms with Crippen LogP contribution in [0.3, 0.4) is 0 Å². The predicted molar refractivity (Wildman–Crippen MR) is 86.8 cm³/mol. The van der Waals surface area contributed by atoms with E-state index in [0.29, 0.717) is 36.7 Å². The second-order valence-electron chi connectivity index (χ2n) is 4.69. The standard InChI is InChI=1S/C14H19ClN4OS/c1-4-18(8-10-6-7-11(15)21-10)14(20)13-12(16)9(3)17-19(13)5-2/h6-7H,4-5,8,16H2,1-3H3. The Morgan fingerprint density at radius 2 is 2.19 bits per heavy atom. The molecule has 0 aliphatic heterocycles. The number of nitrogen functional groups attached to an aromatic ring is 1. The highest BCUT2D eigenvalue weighted by molar-refractivity contribution is 7.16. The Hall–Kier alpha value is -1.53. The third kappa shape index (κ3) is 3.22. The summed E-state index contributed by atoms with van der Waals surface area (Å²) in [6, 6.07) is 3.78. The van der Waals surface area contributed by atoms with Crippen LogP contribution in [0.4, 0.5) is 5.69 Å². The molecule has 5 nitrogen and oxygen atoms in total. The molecular formula is C14H19ClN4OS.